The minimum atomic E-state index is -0.0762. The molecule has 4 nitrogen and oxygen atoms in total. The molecule has 1 atom stereocenters. The van der Waals surface area contributed by atoms with Crippen LogP contribution in [0.5, 0.6) is 0 Å². The van der Waals surface area contributed by atoms with Crippen LogP contribution in [0.3, 0.4) is 0 Å². The predicted octanol–water partition coefficient (Wildman–Crippen LogP) is 3.52. The number of rotatable bonds is 2. The number of thioether (sulfide) groups is 1. The van der Waals surface area contributed by atoms with Crippen LogP contribution < -0.4 is 5.32 Å². The number of fused-ring (bicyclic) bond motifs is 2. The fraction of sp³-hybridized carbons (Fsp3) is 0.412. The fourth-order valence-electron chi connectivity index (χ4n) is 3.20. The van der Waals surface area contributed by atoms with E-state index in [-0.39, 0.29) is 11.2 Å². The van der Waals surface area contributed by atoms with Crippen LogP contribution in [0, 0.1) is 6.92 Å². The van der Waals surface area contributed by atoms with Gasteiger partial charge in [0.15, 0.2) is 5.82 Å². The Bertz CT molecular complexity index is 738. The van der Waals surface area contributed by atoms with E-state index in [4.69, 9.17) is 4.52 Å². The zero-order chi connectivity index (χ0) is 15.1. The first-order valence-electron chi connectivity index (χ1n) is 7.75. The first kappa shape index (κ1) is 13.9. The van der Waals surface area contributed by atoms with Crippen molar-refractivity contribution in [3.05, 3.63) is 40.6 Å². The first-order valence-corrected chi connectivity index (χ1v) is 8.63. The molecule has 4 rings (SSSR count). The van der Waals surface area contributed by atoms with E-state index in [0.29, 0.717) is 5.82 Å². The number of hydrogen-bond acceptors (Lipinski definition) is 4. The van der Waals surface area contributed by atoms with E-state index < -0.39 is 0 Å². The first-order chi connectivity index (χ1) is 10.7. The van der Waals surface area contributed by atoms with Crippen molar-refractivity contribution in [3.8, 4) is 0 Å². The number of aromatic nitrogens is 1. The highest BCUT2D eigenvalue weighted by Gasteiger charge is 2.30. The third kappa shape index (κ3) is 2.43. The molecule has 0 spiro atoms. The van der Waals surface area contributed by atoms with Crippen molar-refractivity contribution >= 4 is 23.5 Å². The van der Waals surface area contributed by atoms with Gasteiger partial charge in [0.2, 0.25) is 5.91 Å². The lowest BCUT2D eigenvalue weighted by atomic mass is 9.98. The Labute approximate surface area is 133 Å². The molecule has 2 heterocycles. The van der Waals surface area contributed by atoms with Gasteiger partial charge in [-0.3, -0.25) is 4.79 Å². The quantitative estimate of drug-likeness (QED) is 0.921. The third-order valence-corrected chi connectivity index (χ3v) is 5.69. The minimum absolute atomic E-state index is 0.0283. The molecule has 114 valence electrons. The summed E-state index contributed by atoms with van der Waals surface area (Å²) in [5, 5.41) is 6.96. The van der Waals surface area contributed by atoms with Gasteiger partial charge in [-0.05, 0) is 44.2 Å². The number of benzene rings is 1. The summed E-state index contributed by atoms with van der Waals surface area (Å²) in [6.45, 7) is 2.08. The Balaban J connectivity index is 1.49. The van der Waals surface area contributed by atoms with E-state index in [1.807, 2.05) is 0 Å². The van der Waals surface area contributed by atoms with Crippen LogP contribution in [0.15, 0.2) is 27.6 Å². The maximum Gasteiger partial charge on any atom is 0.239 e. The number of nitrogens with zero attached hydrogens (tertiary/aromatic N) is 1. The van der Waals surface area contributed by atoms with Crippen LogP contribution in [-0.4, -0.2) is 16.3 Å². The van der Waals surface area contributed by atoms with Gasteiger partial charge < -0.3 is 9.84 Å². The molecule has 2 aliphatic rings. The molecular formula is C17H18N2O2S. The fourth-order valence-corrected chi connectivity index (χ4v) is 4.38. The number of amides is 1. The van der Waals surface area contributed by atoms with Gasteiger partial charge >= 0.3 is 0 Å². The molecule has 1 amide bonds. The zero-order valence-electron chi connectivity index (χ0n) is 12.5. The zero-order valence-corrected chi connectivity index (χ0v) is 13.3. The number of nitrogens with one attached hydrogen (secondary N) is 1. The molecule has 0 fully saturated rings. The second kappa shape index (κ2) is 5.47. The van der Waals surface area contributed by atoms with Gasteiger partial charge in [-0.15, -0.1) is 11.8 Å². The molecule has 0 saturated heterocycles. The van der Waals surface area contributed by atoms with Gasteiger partial charge in [-0.1, -0.05) is 22.9 Å². The molecule has 1 aromatic carbocycles. The van der Waals surface area contributed by atoms with E-state index in [2.05, 4.69) is 35.6 Å². The maximum atomic E-state index is 12.5. The second-order valence-electron chi connectivity index (χ2n) is 6.05. The van der Waals surface area contributed by atoms with Crippen molar-refractivity contribution in [1.82, 2.24) is 5.16 Å². The molecule has 1 N–H and O–H groups in total. The molecule has 1 aromatic heterocycles. The number of carbonyl (C=O) groups is 1. The van der Waals surface area contributed by atoms with E-state index in [1.165, 1.54) is 16.0 Å². The summed E-state index contributed by atoms with van der Waals surface area (Å²) in [4.78, 5) is 13.8. The highest BCUT2D eigenvalue weighted by atomic mass is 32.2. The minimum Gasteiger partial charge on any atom is -0.359 e. The van der Waals surface area contributed by atoms with Gasteiger partial charge in [-0.25, -0.2) is 0 Å². The van der Waals surface area contributed by atoms with Crippen molar-refractivity contribution < 1.29 is 9.32 Å². The van der Waals surface area contributed by atoms with E-state index in [1.54, 1.807) is 11.8 Å². The smallest absolute Gasteiger partial charge is 0.239 e. The Kier molecular flexibility index (Phi) is 3.45. The van der Waals surface area contributed by atoms with E-state index in [9.17, 15) is 4.79 Å². The predicted molar refractivity (Wildman–Crippen MR) is 86.3 cm³/mol. The van der Waals surface area contributed by atoms with Crippen LogP contribution in [0.2, 0.25) is 0 Å². The van der Waals surface area contributed by atoms with Crippen LogP contribution >= 0.6 is 11.8 Å². The molecular weight excluding hydrogens is 296 g/mol. The Morgan fingerprint density at radius 1 is 1.36 bits per heavy atom. The standard InChI is InChI=1S/C17H18N2O2S/c1-10-6-7-14-11(8-10)9-15(22-14)17(20)18-16-12-4-2-3-5-13(12)21-19-16/h6-8,15H,2-5,9H2,1H3,(H,18,19,20). The summed E-state index contributed by atoms with van der Waals surface area (Å²) in [6.07, 6.45) is 4.95. The van der Waals surface area contributed by atoms with Gasteiger partial charge in [-0.2, -0.15) is 0 Å². The van der Waals surface area contributed by atoms with Gasteiger partial charge in [0.25, 0.3) is 0 Å². The Hall–Kier alpha value is -1.75. The Morgan fingerprint density at radius 3 is 3.14 bits per heavy atom. The lowest BCUT2D eigenvalue weighted by molar-refractivity contribution is -0.115. The van der Waals surface area contributed by atoms with Crippen molar-refractivity contribution in [2.24, 2.45) is 0 Å². The SMILES string of the molecule is Cc1ccc2c(c1)CC(C(=O)Nc1noc3c1CCCC3)S2. The van der Waals surface area contributed by atoms with E-state index >= 15 is 0 Å². The van der Waals surface area contributed by atoms with Crippen LogP contribution in [0.1, 0.15) is 35.3 Å². The van der Waals surface area contributed by atoms with E-state index in [0.717, 1.165) is 43.4 Å². The molecule has 1 aliphatic carbocycles. The average molecular weight is 314 g/mol. The lowest BCUT2D eigenvalue weighted by Gasteiger charge is -2.11. The van der Waals surface area contributed by atoms with Crippen LogP contribution in [0.25, 0.3) is 0 Å². The van der Waals surface area contributed by atoms with Gasteiger partial charge in [0, 0.05) is 16.9 Å². The normalized spacial score (nSPS) is 19.6. The number of aryl methyl sites for hydroxylation is 2. The highest BCUT2D eigenvalue weighted by Crippen LogP contribution is 2.38. The third-order valence-electron chi connectivity index (χ3n) is 4.37. The topological polar surface area (TPSA) is 55.1 Å². The average Bonchev–Trinajstić information content (AvgIpc) is 3.11. The second-order valence-corrected chi connectivity index (χ2v) is 7.30. The van der Waals surface area contributed by atoms with Crippen molar-refractivity contribution in [2.75, 3.05) is 5.32 Å². The summed E-state index contributed by atoms with van der Waals surface area (Å²) in [5.74, 6) is 1.60. The molecule has 5 heteroatoms. The summed E-state index contributed by atoms with van der Waals surface area (Å²) >= 11 is 1.64. The Morgan fingerprint density at radius 2 is 2.23 bits per heavy atom. The molecule has 1 aliphatic heterocycles. The summed E-state index contributed by atoms with van der Waals surface area (Å²) in [7, 11) is 0. The summed E-state index contributed by atoms with van der Waals surface area (Å²) in [5.41, 5.74) is 3.61. The van der Waals surface area contributed by atoms with Crippen molar-refractivity contribution in [3.63, 3.8) is 0 Å². The largest absolute Gasteiger partial charge is 0.359 e. The van der Waals surface area contributed by atoms with Gasteiger partial charge in [0.05, 0.1) is 5.25 Å². The summed E-state index contributed by atoms with van der Waals surface area (Å²) in [6, 6.07) is 6.38. The molecule has 1 unspecified atom stereocenters. The number of hydrogen-bond donors (Lipinski definition) is 1. The monoisotopic (exact) mass is 314 g/mol. The highest BCUT2D eigenvalue weighted by molar-refractivity contribution is 8.01. The lowest BCUT2D eigenvalue weighted by Crippen LogP contribution is -2.25. The number of anilines is 1. The molecule has 22 heavy (non-hydrogen) atoms. The van der Waals surface area contributed by atoms with Gasteiger partial charge in [0.1, 0.15) is 5.76 Å². The molecule has 0 radical (unpaired) electrons. The molecule has 0 saturated carbocycles. The van der Waals surface area contributed by atoms with Crippen LogP contribution in [0.4, 0.5) is 5.82 Å². The van der Waals surface area contributed by atoms with Crippen LogP contribution in [-0.2, 0) is 24.1 Å². The number of carbonyl (C=O) groups excluding carboxylic acids is 1. The molecule has 0 bridgehead atoms. The van der Waals surface area contributed by atoms with Crippen molar-refractivity contribution in [2.45, 2.75) is 49.2 Å². The maximum absolute atomic E-state index is 12.5. The van der Waals surface area contributed by atoms with Crippen molar-refractivity contribution in [1.29, 1.82) is 0 Å². The molecule has 2 aromatic rings. The summed E-state index contributed by atoms with van der Waals surface area (Å²) < 4.78 is 5.36.